The van der Waals surface area contributed by atoms with Crippen LogP contribution in [0.1, 0.15) is 37.4 Å². The van der Waals surface area contributed by atoms with Gasteiger partial charge in [-0.3, -0.25) is 19.6 Å². The standard InChI is InChI=1S/C39H28N4O2/c1-23-19-24(2)37(25(3)20-23)43-38(44)30-13-6-16-33(36(30)39(43)45)42-31-14-4-11-28(26-9-7-17-40-21-26)34(31)35-29(12-5-15-32(35)42)27-10-8-18-41-22-27/h4-22H,1-3H3. The Kier molecular flexibility index (Phi) is 6.00. The maximum absolute atomic E-state index is 14.4. The first-order valence-electron chi connectivity index (χ1n) is 14.9. The highest BCUT2D eigenvalue weighted by Crippen LogP contribution is 2.44. The Labute approximate surface area is 260 Å². The minimum absolute atomic E-state index is 0.306. The Morgan fingerprint density at radius 2 is 1.11 bits per heavy atom. The summed E-state index contributed by atoms with van der Waals surface area (Å²) in [4.78, 5) is 38.6. The molecule has 0 aliphatic carbocycles. The summed E-state index contributed by atoms with van der Waals surface area (Å²) in [5.41, 5.74) is 10.9. The Hall–Kier alpha value is -5.88. The summed E-state index contributed by atoms with van der Waals surface area (Å²) < 4.78 is 2.13. The van der Waals surface area contributed by atoms with E-state index in [1.54, 1.807) is 18.5 Å². The third kappa shape index (κ3) is 3.96. The van der Waals surface area contributed by atoms with Crippen LogP contribution in [0.3, 0.4) is 0 Å². The van der Waals surface area contributed by atoms with Crippen molar-refractivity contribution in [1.82, 2.24) is 14.5 Å². The number of imide groups is 1. The maximum atomic E-state index is 14.4. The zero-order valence-corrected chi connectivity index (χ0v) is 25.1. The lowest BCUT2D eigenvalue weighted by Crippen LogP contribution is -2.31. The van der Waals surface area contributed by atoms with Gasteiger partial charge in [0.1, 0.15) is 0 Å². The second-order valence-electron chi connectivity index (χ2n) is 11.6. The minimum Gasteiger partial charge on any atom is -0.308 e. The average molecular weight is 585 g/mol. The third-order valence-corrected chi connectivity index (χ3v) is 8.75. The number of nitrogens with zero attached hydrogens (tertiary/aromatic N) is 4. The molecule has 0 saturated carbocycles. The fourth-order valence-corrected chi connectivity index (χ4v) is 7.08. The van der Waals surface area contributed by atoms with E-state index < -0.39 is 0 Å². The van der Waals surface area contributed by atoms with Gasteiger partial charge in [0.2, 0.25) is 0 Å². The molecule has 2 amide bonds. The van der Waals surface area contributed by atoms with Crippen LogP contribution in [0.5, 0.6) is 0 Å². The van der Waals surface area contributed by atoms with E-state index in [4.69, 9.17) is 0 Å². The molecule has 1 aliphatic heterocycles. The third-order valence-electron chi connectivity index (χ3n) is 8.75. The smallest absolute Gasteiger partial charge is 0.268 e. The first-order valence-corrected chi connectivity index (χ1v) is 14.9. The van der Waals surface area contributed by atoms with Gasteiger partial charge in [-0.15, -0.1) is 0 Å². The molecule has 3 aromatic heterocycles. The Morgan fingerprint density at radius 1 is 0.578 bits per heavy atom. The van der Waals surface area contributed by atoms with Gasteiger partial charge in [0.05, 0.1) is 33.5 Å². The first kappa shape index (κ1) is 26.7. The lowest BCUT2D eigenvalue weighted by Gasteiger charge is -2.20. The zero-order valence-electron chi connectivity index (χ0n) is 25.1. The fourth-order valence-electron chi connectivity index (χ4n) is 7.08. The summed E-state index contributed by atoms with van der Waals surface area (Å²) in [5.74, 6) is -0.623. The van der Waals surface area contributed by atoms with Crippen molar-refractivity contribution in [2.45, 2.75) is 20.8 Å². The van der Waals surface area contributed by atoms with Crippen molar-refractivity contribution in [2.75, 3.05) is 4.90 Å². The molecule has 0 spiro atoms. The van der Waals surface area contributed by atoms with E-state index in [2.05, 4.69) is 50.9 Å². The molecule has 4 aromatic carbocycles. The molecule has 7 aromatic rings. The lowest BCUT2D eigenvalue weighted by molar-refractivity contribution is 0.0925. The molecular formula is C39H28N4O2. The predicted molar refractivity (Wildman–Crippen MR) is 179 cm³/mol. The largest absolute Gasteiger partial charge is 0.308 e. The van der Waals surface area contributed by atoms with Crippen LogP contribution >= 0.6 is 0 Å². The van der Waals surface area contributed by atoms with Crippen molar-refractivity contribution in [3.8, 4) is 27.9 Å². The summed E-state index contributed by atoms with van der Waals surface area (Å²) in [6, 6.07) is 30.0. The molecule has 0 N–H and O–H groups in total. The van der Waals surface area contributed by atoms with Gasteiger partial charge in [0.25, 0.3) is 11.8 Å². The lowest BCUT2D eigenvalue weighted by atomic mass is 9.96. The Morgan fingerprint density at radius 3 is 1.64 bits per heavy atom. The summed E-state index contributed by atoms with van der Waals surface area (Å²) in [6.07, 6.45) is 7.29. The van der Waals surface area contributed by atoms with Crippen LogP contribution in [0.2, 0.25) is 0 Å². The van der Waals surface area contributed by atoms with Crippen molar-refractivity contribution in [2.24, 2.45) is 0 Å². The highest BCUT2D eigenvalue weighted by Gasteiger charge is 2.40. The van der Waals surface area contributed by atoms with E-state index >= 15 is 0 Å². The monoisotopic (exact) mass is 584 g/mol. The van der Waals surface area contributed by atoms with Crippen LogP contribution in [0.15, 0.2) is 116 Å². The molecule has 6 heteroatoms. The summed E-state index contributed by atoms with van der Waals surface area (Å²) in [5, 5.41) is 2.08. The average Bonchev–Trinajstić information content (AvgIpc) is 3.53. The van der Waals surface area contributed by atoms with Crippen molar-refractivity contribution < 1.29 is 9.59 Å². The van der Waals surface area contributed by atoms with Crippen LogP contribution < -0.4 is 4.90 Å². The highest BCUT2D eigenvalue weighted by atomic mass is 16.2. The molecule has 0 unspecified atom stereocenters. The second-order valence-corrected chi connectivity index (χ2v) is 11.6. The molecule has 8 rings (SSSR count). The molecule has 0 bridgehead atoms. The van der Waals surface area contributed by atoms with Gasteiger partial charge < -0.3 is 4.57 Å². The van der Waals surface area contributed by atoms with Crippen LogP contribution in [0, 0.1) is 20.8 Å². The molecule has 0 atom stereocenters. The SMILES string of the molecule is Cc1cc(C)c(N2C(=O)c3cccc(-n4c5cccc(-c6cccnc6)c5c5c(-c6cccnc6)cccc54)c3C2=O)c(C)c1. The van der Waals surface area contributed by atoms with E-state index in [9.17, 15) is 9.59 Å². The van der Waals surface area contributed by atoms with Gasteiger partial charge in [-0.1, -0.05) is 60.2 Å². The van der Waals surface area contributed by atoms with Crippen LogP contribution in [-0.2, 0) is 0 Å². The number of aryl methyl sites for hydroxylation is 3. The molecule has 4 heterocycles. The quantitative estimate of drug-likeness (QED) is 0.194. The molecule has 6 nitrogen and oxygen atoms in total. The summed E-state index contributed by atoms with van der Waals surface area (Å²) >= 11 is 0. The molecule has 1 aliphatic rings. The Bertz CT molecular complexity index is 2220. The van der Waals surface area contributed by atoms with E-state index in [-0.39, 0.29) is 11.8 Å². The van der Waals surface area contributed by atoms with Gasteiger partial charge in [-0.2, -0.15) is 0 Å². The van der Waals surface area contributed by atoms with Crippen molar-refractivity contribution in [1.29, 1.82) is 0 Å². The fraction of sp³-hybridized carbons (Fsp3) is 0.0769. The van der Waals surface area contributed by atoms with Crippen molar-refractivity contribution in [3.63, 3.8) is 0 Å². The molecule has 45 heavy (non-hydrogen) atoms. The zero-order chi connectivity index (χ0) is 30.8. The predicted octanol–water partition coefficient (Wildman–Crippen LogP) is 8.63. The highest BCUT2D eigenvalue weighted by molar-refractivity contribution is 6.36. The number of pyridine rings is 2. The van der Waals surface area contributed by atoms with E-state index in [0.29, 0.717) is 22.5 Å². The Balaban J connectivity index is 1.46. The molecule has 0 radical (unpaired) electrons. The number of rotatable bonds is 4. The van der Waals surface area contributed by atoms with E-state index in [0.717, 1.165) is 60.8 Å². The normalized spacial score (nSPS) is 12.8. The second kappa shape index (κ2) is 10.1. The number of benzene rings is 4. The number of carbonyl (C=O) groups is 2. The minimum atomic E-state index is -0.317. The van der Waals surface area contributed by atoms with Crippen molar-refractivity contribution >= 4 is 39.3 Å². The summed E-state index contributed by atoms with van der Waals surface area (Å²) in [6.45, 7) is 5.92. The van der Waals surface area contributed by atoms with Gasteiger partial charge in [0.15, 0.2) is 0 Å². The van der Waals surface area contributed by atoms with Gasteiger partial charge in [0, 0.05) is 46.7 Å². The van der Waals surface area contributed by atoms with Gasteiger partial charge >= 0.3 is 0 Å². The molecule has 216 valence electrons. The molecular weight excluding hydrogens is 556 g/mol. The number of carbonyl (C=O) groups excluding carboxylic acids is 2. The number of aromatic nitrogens is 3. The topological polar surface area (TPSA) is 68.1 Å². The molecule has 0 saturated heterocycles. The number of hydrogen-bond donors (Lipinski definition) is 0. The van der Waals surface area contributed by atoms with Crippen molar-refractivity contribution in [3.05, 3.63) is 144 Å². The van der Waals surface area contributed by atoms with Crippen LogP contribution in [0.4, 0.5) is 5.69 Å². The number of fused-ring (bicyclic) bond motifs is 4. The summed E-state index contributed by atoms with van der Waals surface area (Å²) in [7, 11) is 0. The van der Waals surface area contributed by atoms with Gasteiger partial charge in [-0.05, 0) is 79.4 Å². The number of anilines is 1. The first-order chi connectivity index (χ1) is 21.9. The molecule has 0 fully saturated rings. The van der Waals surface area contributed by atoms with E-state index in [1.165, 1.54) is 4.90 Å². The van der Waals surface area contributed by atoms with Crippen LogP contribution in [-0.4, -0.2) is 26.3 Å². The number of amides is 2. The van der Waals surface area contributed by atoms with Crippen LogP contribution in [0.25, 0.3) is 49.7 Å². The van der Waals surface area contributed by atoms with Gasteiger partial charge in [-0.25, -0.2) is 4.90 Å². The van der Waals surface area contributed by atoms with E-state index in [1.807, 2.05) is 81.7 Å². The number of hydrogen-bond acceptors (Lipinski definition) is 4. The maximum Gasteiger partial charge on any atom is 0.268 e.